The van der Waals surface area contributed by atoms with Crippen molar-refractivity contribution < 1.29 is 24.5 Å². The fraction of sp³-hybridized carbons (Fsp3) is 0.933. The molecule has 0 saturated heterocycles. The van der Waals surface area contributed by atoms with Gasteiger partial charge in [-0.05, 0) is 57.8 Å². The summed E-state index contributed by atoms with van der Waals surface area (Å²) in [6, 6.07) is -0.625. The highest BCUT2D eigenvalue weighted by molar-refractivity contribution is 5.76. The predicted octanol–water partition coefficient (Wildman–Crippen LogP) is 29.9. The number of unbranched alkanes of at least 4 members (excludes halogenated alkanes) is 72. The summed E-state index contributed by atoms with van der Waals surface area (Å²) in [5.74, 6) is -0.0332. The van der Waals surface area contributed by atoms with Crippen LogP contribution in [0.2, 0.25) is 0 Å². The number of nitrogens with one attached hydrogen (secondary N) is 1. The van der Waals surface area contributed by atoms with Crippen LogP contribution in [0.3, 0.4) is 0 Å². The van der Waals surface area contributed by atoms with E-state index >= 15 is 0 Å². The molecule has 0 aromatic carbocycles. The minimum Gasteiger partial charge on any atom is -0.466 e. The van der Waals surface area contributed by atoms with Crippen LogP contribution in [0.4, 0.5) is 0 Å². The summed E-state index contributed by atoms with van der Waals surface area (Å²) in [4.78, 5) is 24.7. The van der Waals surface area contributed by atoms with Gasteiger partial charge in [-0.1, -0.05) is 468 Å². The third kappa shape index (κ3) is 81.3. The average Bonchev–Trinajstić information content (AvgIpc) is 3.16. The Balaban J connectivity index is 3.33. The molecular formula is C90H175NO5. The van der Waals surface area contributed by atoms with Crippen molar-refractivity contribution >= 4 is 11.9 Å². The van der Waals surface area contributed by atoms with Crippen molar-refractivity contribution in [2.75, 3.05) is 13.2 Å². The zero-order chi connectivity index (χ0) is 69.1. The van der Waals surface area contributed by atoms with Crippen LogP contribution in [0, 0.1) is 0 Å². The maximum Gasteiger partial charge on any atom is 0.305 e. The molecule has 1 amide bonds. The Labute approximate surface area is 602 Å². The predicted molar refractivity (Wildman–Crippen MR) is 426 cm³/mol. The lowest BCUT2D eigenvalue weighted by Gasteiger charge is -2.20. The third-order valence-corrected chi connectivity index (χ3v) is 21.2. The number of esters is 1. The molecule has 0 aliphatic carbocycles. The molecule has 0 aliphatic rings. The second kappa shape index (κ2) is 85.8. The number of amides is 1. The van der Waals surface area contributed by atoms with E-state index in [2.05, 4.69) is 31.3 Å². The molecule has 0 aromatic heterocycles. The molecule has 0 radical (unpaired) electrons. The van der Waals surface area contributed by atoms with Crippen molar-refractivity contribution in [1.82, 2.24) is 5.32 Å². The van der Waals surface area contributed by atoms with Crippen molar-refractivity contribution in [2.24, 2.45) is 0 Å². The number of aliphatic hydroxyl groups excluding tert-OH is 2. The summed E-state index contributed by atoms with van der Waals surface area (Å²) < 4.78 is 5.52. The van der Waals surface area contributed by atoms with E-state index in [0.717, 1.165) is 38.5 Å². The van der Waals surface area contributed by atoms with Crippen LogP contribution in [0.5, 0.6) is 0 Å². The van der Waals surface area contributed by atoms with Gasteiger partial charge in [-0.3, -0.25) is 9.59 Å². The number of hydrogen-bond donors (Lipinski definition) is 3. The van der Waals surface area contributed by atoms with E-state index in [0.29, 0.717) is 19.4 Å². The lowest BCUT2D eigenvalue weighted by molar-refractivity contribution is -0.143. The van der Waals surface area contributed by atoms with Gasteiger partial charge in [0.25, 0.3) is 0 Å². The molecule has 0 saturated carbocycles. The molecule has 0 aromatic rings. The van der Waals surface area contributed by atoms with Crippen molar-refractivity contribution in [2.45, 2.75) is 527 Å². The van der Waals surface area contributed by atoms with Crippen molar-refractivity contribution in [3.63, 3.8) is 0 Å². The van der Waals surface area contributed by atoms with Crippen molar-refractivity contribution in [1.29, 1.82) is 0 Å². The van der Waals surface area contributed by atoms with Gasteiger partial charge in [0.05, 0.1) is 25.4 Å². The number of rotatable bonds is 85. The van der Waals surface area contributed by atoms with Crippen molar-refractivity contribution in [3.05, 3.63) is 24.3 Å². The van der Waals surface area contributed by atoms with Gasteiger partial charge in [0, 0.05) is 12.8 Å². The monoisotopic (exact) mass is 1350 g/mol. The Kier molecular flexibility index (Phi) is 84.3. The molecule has 3 N–H and O–H groups in total. The van der Waals surface area contributed by atoms with Crippen LogP contribution in [0.1, 0.15) is 515 Å². The lowest BCUT2D eigenvalue weighted by atomic mass is 10.0. The van der Waals surface area contributed by atoms with Crippen LogP contribution in [-0.2, 0) is 14.3 Å². The number of carbonyl (C=O) groups excluding carboxylic acids is 2. The van der Waals surface area contributed by atoms with E-state index < -0.39 is 12.1 Å². The highest BCUT2D eigenvalue weighted by Crippen LogP contribution is 2.21. The summed E-state index contributed by atoms with van der Waals surface area (Å²) >= 11 is 0. The molecule has 0 rings (SSSR count). The fourth-order valence-electron chi connectivity index (χ4n) is 14.5. The van der Waals surface area contributed by atoms with Crippen LogP contribution in [0.15, 0.2) is 24.3 Å². The topological polar surface area (TPSA) is 95.9 Å². The van der Waals surface area contributed by atoms with E-state index in [1.807, 2.05) is 6.08 Å². The van der Waals surface area contributed by atoms with Gasteiger partial charge in [-0.25, -0.2) is 0 Å². The SMILES string of the molecule is CCCCCCCC/C=C\CCCCCCCCCCCC(=O)OCCCCCCCCCCCCCCCCCCCCCCCCCCCCCCCCCCCCCC(=O)NC(CO)C(O)/C=C/CCCCCCCCCCCCCCCCCCCCCCCCC. The number of ether oxygens (including phenoxy) is 1. The molecule has 0 heterocycles. The van der Waals surface area contributed by atoms with E-state index in [-0.39, 0.29) is 18.5 Å². The highest BCUT2D eigenvalue weighted by atomic mass is 16.5. The smallest absolute Gasteiger partial charge is 0.305 e. The standard InChI is InChI=1S/C90H175NO5/c1-3-5-7-9-11-13-15-17-19-21-23-24-25-37-40-43-47-50-54-58-62-66-70-74-78-82-88(93)87(86-92)91-89(94)83-79-75-71-67-63-59-55-51-48-44-41-38-35-33-31-29-27-26-28-30-32-34-36-39-42-45-49-53-57-61-65-69-73-77-81-85-96-90(95)84-80-76-72-68-64-60-56-52-46-22-20-18-16-14-12-10-8-6-4-2/h18,20,78,82,87-88,92-93H,3-17,19,21-77,79-81,83-86H2,1-2H3,(H,91,94)/b20-18-,82-78+. The third-order valence-electron chi connectivity index (χ3n) is 21.2. The van der Waals surface area contributed by atoms with Crippen LogP contribution >= 0.6 is 0 Å². The molecule has 96 heavy (non-hydrogen) atoms. The minimum absolute atomic E-state index is 0.0233. The van der Waals surface area contributed by atoms with E-state index in [9.17, 15) is 19.8 Å². The first kappa shape index (κ1) is 94.3. The van der Waals surface area contributed by atoms with E-state index in [4.69, 9.17) is 4.74 Å². The molecule has 6 heteroatoms. The largest absolute Gasteiger partial charge is 0.466 e. The maximum atomic E-state index is 12.6. The number of hydrogen-bond acceptors (Lipinski definition) is 5. The van der Waals surface area contributed by atoms with Crippen LogP contribution in [0.25, 0.3) is 0 Å². The molecule has 570 valence electrons. The summed E-state index contributed by atoms with van der Waals surface area (Å²) in [6.45, 7) is 4.97. The summed E-state index contributed by atoms with van der Waals surface area (Å²) in [6.07, 6.45) is 112. The number of carbonyl (C=O) groups is 2. The van der Waals surface area contributed by atoms with Crippen LogP contribution in [-0.4, -0.2) is 47.4 Å². The molecule has 0 spiro atoms. The molecule has 0 aliphatic heterocycles. The molecule has 6 nitrogen and oxygen atoms in total. The number of aliphatic hydroxyl groups is 2. The first-order chi connectivity index (χ1) is 47.5. The molecule has 0 fully saturated rings. The van der Waals surface area contributed by atoms with E-state index in [1.165, 1.54) is 449 Å². The normalized spacial score (nSPS) is 12.5. The van der Waals surface area contributed by atoms with Gasteiger partial charge >= 0.3 is 5.97 Å². The van der Waals surface area contributed by atoms with Gasteiger partial charge in [-0.15, -0.1) is 0 Å². The Morgan fingerprint density at radius 2 is 0.490 bits per heavy atom. The van der Waals surface area contributed by atoms with Gasteiger partial charge in [0.2, 0.25) is 5.91 Å². The number of allylic oxidation sites excluding steroid dienone is 3. The quantitative estimate of drug-likeness (QED) is 0.0320. The Hall–Kier alpha value is -1.66. The minimum atomic E-state index is -0.842. The molecule has 2 atom stereocenters. The maximum absolute atomic E-state index is 12.6. The Morgan fingerprint density at radius 1 is 0.281 bits per heavy atom. The first-order valence-corrected chi connectivity index (χ1v) is 44.6. The highest BCUT2D eigenvalue weighted by Gasteiger charge is 2.18. The van der Waals surface area contributed by atoms with Gasteiger partial charge < -0.3 is 20.3 Å². The van der Waals surface area contributed by atoms with Crippen molar-refractivity contribution in [3.8, 4) is 0 Å². The van der Waals surface area contributed by atoms with E-state index in [1.54, 1.807) is 6.08 Å². The second-order valence-electron chi connectivity index (χ2n) is 30.9. The Morgan fingerprint density at radius 3 is 0.740 bits per heavy atom. The fourth-order valence-corrected chi connectivity index (χ4v) is 14.5. The molecule has 0 bridgehead atoms. The van der Waals surface area contributed by atoms with Gasteiger partial charge in [0.15, 0.2) is 0 Å². The van der Waals surface area contributed by atoms with Gasteiger partial charge in [-0.2, -0.15) is 0 Å². The zero-order valence-corrected chi connectivity index (χ0v) is 65.7. The lowest BCUT2D eigenvalue weighted by Crippen LogP contribution is -2.45. The molecule has 2 unspecified atom stereocenters. The Bertz CT molecular complexity index is 1510. The summed E-state index contributed by atoms with van der Waals surface area (Å²) in [5, 5.41) is 23.4. The van der Waals surface area contributed by atoms with Gasteiger partial charge in [0.1, 0.15) is 0 Å². The summed E-state index contributed by atoms with van der Waals surface area (Å²) in [5.41, 5.74) is 0. The summed E-state index contributed by atoms with van der Waals surface area (Å²) in [7, 11) is 0. The molecular weight excluding hydrogens is 1170 g/mol. The second-order valence-corrected chi connectivity index (χ2v) is 30.9. The average molecular weight is 1350 g/mol. The zero-order valence-electron chi connectivity index (χ0n) is 65.7. The first-order valence-electron chi connectivity index (χ1n) is 44.6. The van der Waals surface area contributed by atoms with Crippen LogP contribution < -0.4 is 5.32 Å².